The van der Waals surface area contributed by atoms with Gasteiger partial charge in [-0.1, -0.05) is 24.3 Å². The van der Waals surface area contributed by atoms with Gasteiger partial charge in [0.1, 0.15) is 12.1 Å². The van der Waals surface area contributed by atoms with E-state index in [0.29, 0.717) is 11.1 Å². The molecule has 0 radical (unpaired) electrons. The van der Waals surface area contributed by atoms with Gasteiger partial charge < -0.3 is 21.7 Å². The van der Waals surface area contributed by atoms with Crippen molar-refractivity contribution in [1.29, 1.82) is 0 Å². The van der Waals surface area contributed by atoms with E-state index in [2.05, 4.69) is 0 Å². The van der Waals surface area contributed by atoms with Crippen molar-refractivity contribution in [2.24, 2.45) is 11.5 Å². The third-order valence-electron chi connectivity index (χ3n) is 4.50. The van der Waals surface area contributed by atoms with E-state index in [9.17, 15) is 24.6 Å². The summed E-state index contributed by atoms with van der Waals surface area (Å²) >= 11 is 0. The van der Waals surface area contributed by atoms with Gasteiger partial charge in [0.25, 0.3) is 0 Å². The molecule has 1 aromatic carbocycles. The lowest BCUT2D eigenvalue weighted by atomic mass is 9.82. The van der Waals surface area contributed by atoms with Gasteiger partial charge >= 0.3 is 11.9 Å². The number of rotatable bonds is 6. The molecule has 5 atom stereocenters. The van der Waals surface area contributed by atoms with Crippen LogP contribution in [0.5, 0.6) is 0 Å². The van der Waals surface area contributed by atoms with E-state index in [1.807, 2.05) is 0 Å². The standard InChI is InChI=1S/C17H23N3O5/c1-8(18)13(17(24)25)20-12(16(22)23)7-10-5-3-4-6-11(10)14(20)15(21)9(2)19/h3-6,8-9,12-14H,7,18-19H2,1-2H3,(H,22,23)(H,24,25)/t8?,9-,12?,13?,14?/m0/s1. The van der Waals surface area contributed by atoms with Crippen LogP contribution in [0.4, 0.5) is 0 Å². The highest BCUT2D eigenvalue weighted by Crippen LogP contribution is 2.36. The molecule has 0 aromatic heterocycles. The first kappa shape index (κ1) is 19.0. The number of benzene rings is 1. The molecule has 1 aliphatic heterocycles. The Bertz CT molecular complexity index is 689. The van der Waals surface area contributed by atoms with E-state index in [0.717, 1.165) is 0 Å². The van der Waals surface area contributed by atoms with Gasteiger partial charge in [-0.3, -0.25) is 19.3 Å². The van der Waals surface area contributed by atoms with E-state index >= 15 is 0 Å². The van der Waals surface area contributed by atoms with Crippen LogP contribution in [-0.4, -0.2) is 57.0 Å². The number of nitrogens with zero attached hydrogens (tertiary/aromatic N) is 1. The zero-order chi connectivity index (χ0) is 18.9. The Labute approximate surface area is 145 Å². The van der Waals surface area contributed by atoms with E-state index in [1.54, 1.807) is 24.3 Å². The highest BCUT2D eigenvalue weighted by molar-refractivity contribution is 5.92. The molecular weight excluding hydrogens is 326 g/mol. The maximum absolute atomic E-state index is 12.8. The van der Waals surface area contributed by atoms with Gasteiger partial charge in [0.15, 0.2) is 5.78 Å². The van der Waals surface area contributed by atoms with Crippen LogP contribution in [0.2, 0.25) is 0 Å². The number of carbonyl (C=O) groups is 3. The third-order valence-corrected chi connectivity index (χ3v) is 4.50. The molecular formula is C17H23N3O5. The summed E-state index contributed by atoms with van der Waals surface area (Å²) in [5.74, 6) is -2.92. The van der Waals surface area contributed by atoms with Gasteiger partial charge in [0.05, 0.1) is 12.1 Å². The van der Waals surface area contributed by atoms with Crippen molar-refractivity contribution in [3.63, 3.8) is 0 Å². The Morgan fingerprint density at radius 3 is 2.24 bits per heavy atom. The lowest BCUT2D eigenvalue weighted by molar-refractivity contribution is -0.156. The third kappa shape index (κ3) is 3.55. The Morgan fingerprint density at radius 1 is 1.16 bits per heavy atom. The largest absolute Gasteiger partial charge is 0.480 e. The molecule has 8 heteroatoms. The molecule has 0 saturated heterocycles. The summed E-state index contributed by atoms with van der Waals surface area (Å²) in [6, 6.07) is 1.57. The zero-order valence-corrected chi connectivity index (χ0v) is 14.1. The van der Waals surface area contributed by atoms with Gasteiger partial charge in [0, 0.05) is 6.04 Å². The molecule has 1 heterocycles. The van der Waals surface area contributed by atoms with Gasteiger partial charge in [0.2, 0.25) is 0 Å². The summed E-state index contributed by atoms with van der Waals surface area (Å²) in [5, 5.41) is 19.3. The van der Waals surface area contributed by atoms with Crippen LogP contribution < -0.4 is 11.5 Å². The van der Waals surface area contributed by atoms with Crippen LogP contribution in [0, 0.1) is 0 Å². The average Bonchev–Trinajstić information content (AvgIpc) is 2.52. The first-order chi connectivity index (χ1) is 11.7. The number of carboxylic acids is 2. The van der Waals surface area contributed by atoms with Crippen LogP contribution >= 0.6 is 0 Å². The van der Waals surface area contributed by atoms with E-state index < -0.39 is 47.9 Å². The van der Waals surface area contributed by atoms with Crippen molar-refractivity contribution in [2.75, 3.05) is 0 Å². The molecule has 8 nitrogen and oxygen atoms in total. The van der Waals surface area contributed by atoms with Gasteiger partial charge in [-0.05, 0) is 31.4 Å². The highest BCUT2D eigenvalue weighted by Gasteiger charge is 2.48. The van der Waals surface area contributed by atoms with Gasteiger partial charge in [-0.25, -0.2) is 0 Å². The first-order valence-electron chi connectivity index (χ1n) is 8.02. The smallest absolute Gasteiger partial charge is 0.322 e. The topological polar surface area (TPSA) is 147 Å². The minimum Gasteiger partial charge on any atom is -0.480 e. The maximum atomic E-state index is 12.8. The Morgan fingerprint density at radius 2 is 1.76 bits per heavy atom. The number of hydrogen-bond acceptors (Lipinski definition) is 6. The van der Waals surface area contributed by atoms with Gasteiger partial charge in [-0.15, -0.1) is 0 Å². The fraction of sp³-hybridized carbons (Fsp3) is 0.471. The molecule has 0 spiro atoms. The second-order valence-electron chi connectivity index (χ2n) is 6.44. The Balaban J connectivity index is 2.69. The monoisotopic (exact) mass is 349 g/mol. The number of carbonyl (C=O) groups excluding carboxylic acids is 1. The van der Waals surface area contributed by atoms with Crippen molar-refractivity contribution in [3.05, 3.63) is 35.4 Å². The fourth-order valence-electron chi connectivity index (χ4n) is 3.38. The van der Waals surface area contributed by atoms with E-state index in [1.165, 1.54) is 18.7 Å². The van der Waals surface area contributed by atoms with Crippen LogP contribution in [0.3, 0.4) is 0 Å². The molecule has 0 aliphatic carbocycles. The number of nitrogens with two attached hydrogens (primary N) is 2. The molecule has 0 fully saturated rings. The zero-order valence-electron chi connectivity index (χ0n) is 14.1. The summed E-state index contributed by atoms with van der Waals surface area (Å²) in [7, 11) is 0. The van der Waals surface area contributed by atoms with E-state index in [-0.39, 0.29) is 6.42 Å². The molecule has 136 valence electrons. The number of ketones is 1. The lowest BCUT2D eigenvalue weighted by Gasteiger charge is -2.45. The number of carboxylic acid groups (broad SMARTS) is 2. The van der Waals surface area contributed by atoms with Crippen molar-refractivity contribution in [3.8, 4) is 0 Å². The molecule has 0 saturated carbocycles. The maximum Gasteiger partial charge on any atom is 0.322 e. The normalized spacial score (nSPS) is 24.0. The van der Waals surface area contributed by atoms with Gasteiger partial charge in [-0.2, -0.15) is 0 Å². The summed E-state index contributed by atoms with van der Waals surface area (Å²) < 4.78 is 0. The number of aliphatic carboxylic acids is 2. The van der Waals surface area contributed by atoms with E-state index in [4.69, 9.17) is 11.5 Å². The molecule has 4 unspecified atom stereocenters. The Kier molecular flexibility index (Phi) is 5.56. The van der Waals surface area contributed by atoms with Crippen LogP contribution in [0.15, 0.2) is 24.3 Å². The minimum atomic E-state index is -1.33. The molecule has 6 N–H and O–H groups in total. The van der Waals surface area contributed by atoms with Crippen molar-refractivity contribution >= 4 is 17.7 Å². The van der Waals surface area contributed by atoms with Crippen molar-refractivity contribution < 1.29 is 24.6 Å². The molecule has 25 heavy (non-hydrogen) atoms. The number of hydrogen-bond donors (Lipinski definition) is 4. The molecule has 1 aliphatic rings. The number of Topliss-reactive ketones (excluding diaryl/α,β-unsaturated/α-hetero) is 1. The summed E-state index contributed by atoms with van der Waals surface area (Å²) in [6.07, 6.45) is 0.0880. The lowest BCUT2D eigenvalue weighted by Crippen LogP contribution is -2.62. The van der Waals surface area contributed by atoms with Crippen LogP contribution in [0.25, 0.3) is 0 Å². The second kappa shape index (κ2) is 7.30. The molecule has 1 aromatic rings. The SMILES string of the molecule is CC(N)C(C(=O)O)N1C(C(=O)O)Cc2ccccc2C1C(=O)[C@H](C)N. The average molecular weight is 349 g/mol. The predicted octanol–water partition coefficient (Wildman–Crippen LogP) is -0.244. The quantitative estimate of drug-likeness (QED) is 0.550. The molecule has 0 amide bonds. The summed E-state index contributed by atoms with van der Waals surface area (Å²) in [4.78, 5) is 37.6. The highest BCUT2D eigenvalue weighted by atomic mass is 16.4. The van der Waals surface area contributed by atoms with Crippen molar-refractivity contribution in [1.82, 2.24) is 4.90 Å². The Hall–Kier alpha value is -2.29. The second-order valence-corrected chi connectivity index (χ2v) is 6.44. The van der Waals surface area contributed by atoms with Crippen LogP contribution in [0.1, 0.15) is 31.0 Å². The van der Waals surface area contributed by atoms with Crippen molar-refractivity contribution in [2.45, 2.75) is 50.5 Å². The summed E-state index contributed by atoms with van der Waals surface area (Å²) in [6.45, 7) is 2.97. The van der Waals surface area contributed by atoms with Crippen LogP contribution in [-0.2, 0) is 20.8 Å². The first-order valence-corrected chi connectivity index (χ1v) is 8.02. The minimum absolute atomic E-state index is 0.0880. The molecule has 0 bridgehead atoms. The summed E-state index contributed by atoms with van der Waals surface area (Å²) in [5.41, 5.74) is 12.9. The molecule has 2 rings (SSSR count). The fourth-order valence-corrected chi connectivity index (χ4v) is 3.38. The number of fused-ring (bicyclic) bond motifs is 1. The predicted molar refractivity (Wildman–Crippen MR) is 89.9 cm³/mol.